The van der Waals surface area contributed by atoms with E-state index >= 15 is 0 Å². The molecule has 1 aliphatic rings. The Morgan fingerprint density at radius 3 is 2.84 bits per heavy atom. The van der Waals surface area contributed by atoms with Gasteiger partial charge in [-0.3, -0.25) is 4.79 Å². The molecule has 2 heterocycles. The van der Waals surface area contributed by atoms with Crippen LogP contribution in [0.2, 0.25) is 0 Å². The lowest BCUT2D eigenvalue weighted by atomic mass is 10.1. The first-order valence-electron chi connectivity index (χ1n) is 8.56. The fraction of sp³-hybridized carbons (Fsp3) is 0.444. The number of imidazole rings is 1. The van der Waals surface area contributed by atoms with Gasteiger partial charge in [0.2, 0.25) is 5.91 Å². The number of hydrogen-bond donors (Lipinski definition) is 4. The largest absolute Gasteiger partial charge is 0.389 e. The molecular weight excluding hydrogens is 320 g/mol. The minimum atomic E-state index is -1.08. The summed E-state index contributed by atoms with van der Waals surface area (Å²) in [5, 5.41) is 24.8. The first kappa shape index (κ1) is 17.6. The van der Waals surface area contributed by atoms with Crippen LogP contribution in [0.3, 0.4) is 0 Å². The molecule has 0 unspecified atom stereocenters. The lowest BCUT2D eigenvalue weighted by Crippen LogP contribution is -2.46. The van der Waals surface area contributed by atoms with Gasteiger partial charge in [0.1, 0.15) is 18.0 Å². The van der Waals surface area contributed by atoms with Crippen molar-refractivity contribution in [3.8, 4) is 0 Å². The molecule has 0 radical (unpaired) electrons. The summed E-state index contributed by atoms with van der Waals surface area (Å²) in [7, 11) is 0. The van der Waals surface area contributed by atoms with Crippen LogP contribution in [-0.4, -0.2) is 50.5 Å². The number of rotatable bonds is 7. The number of aliphatic hydroxyl groups is 2. The highest BCUT2D eigenvalue weighted by molar-refractivity contribution is 5.82. The maximum atomic E-state index is 12.1. The molecule has 4 N–H and O–H groups in total. The molecule has 1 fully saturated rings. The number of benzene rings is 1. The molecule has 7 nitrogen and oxygen atoms in total. The maximum absolute atomic E-state index is 12.1. The number of nitrogens with one attached hydrogen (secondary N) is 2. The molecule has 7 heteroatoms. The second kappa shape index (κ2) is 8.24. The molecule has 0 bridgehead atoms. The van der Waals surface area contributed by atoms with Crippen LogP contribution in [0.25, 0.3) is 0 Å². The summed E-state index contributed by atoms with van der Waals surface area (Å²) in [6.07, 6.45) is 3.61. The highest BCUT2D eigenvalue weighted by atomic mass is 16.3. The smallest absolute Gasteiger partial charge is 0.240 e. The molecule has 25 heavy (non-hydrogen) atoms. The molecule has 3 rings (SSSR count). The van der Waals surface area contributed by atoms with Crippen LogP contribution in [0.5, 0.6) is 0 Å². The summed E-state index contributed by atoms with van der Waals surface area (Å²) in [6.45, 7) is 1.33. The number of aliphatic hydroxyl groups excluding tert-OH is 2. The number of β-amino-alcohol motifs (C(OH)–C–C–N with tert-alkyl or cyclic N) is 1. The number of amides is 1. The summed E-state index contributed by atoms with van der Waals surface area (Å²) in [6, 6.07) is 9.53. The van der Waals surface area contributed by atoms with E-state index in [0.717, 1.165) is 25.2 Å². The lowest BCUT2D eigenvalue weighted by Gasteiger charge is -2.16. The van der Waals surface area contributed by atoms with Crippen molar-refractivity contribution < 1.29 is 15.0 Å². The minimum Gasteiger partial charge on any atom is -0.389 e. The van der Waals surface area contributed by atoms with Crippen LogP contribution in [0.4, 0.5) is 0 Å². The zero-order valence-electron chi connectivity index (χ0n) is 14.0. The standard InChI is InChI=1S/C18H24N4O3/c23-14-11-20-16(17(14)24)18(25)21-12-15-19-8-10-22(15)9-4-7-13-5-2-1-3-6-13/h1-3,5-6,8,10,14,16-17,20,23-24H,4,7,9,11-12H2,(H,21,25)/t14-,16-,17-/m1/s1. The zero-order chi connectivity index (χ0) is 17.6. The van der Waals surface area contributed by atoms with Crippen molar-refractivity contribution in [3.63, 3.8) is 0 Å². The SMILES string of the molecule is O=C(NCc1nccn1CCCc1ccccc1)[C@@H]1NC[C@@H](O)[C@H]1O. The summed E-state index contributed by atoms with van der Waals surface area (Å²) >= 11 is 0. The number of carbonyl (C=O) groups is 1. The Morgan fingerprint density at radius 1 is 1.32 bits per heavy atom. The molecule has 1 aromatic heterocycles. The topological polar surface area (TPSA) is 99.4 Å². The van der Waals surface area contributed by atoms with Gasteiger partial charge in [-0.15, -0.1) is 0 Å². The Bertz CT molecular complexity index is 689. The van der Waals surface area contributed by atoms with Crippen LogP contribution in [0, 0.1) is 0 Å². The second-order valence-electron chi connectivity index (χ2n) is 6.29. The third-order valence-electron chi connectivity index (χ3n) is 4.49. The first-order chi connectivity index (χ1) is 12.1. The predicted octanol–water partition coefficient (Wildman–Crippen LogP) is -0.174. The average molecular weight is 344 g/mol. The number of carbonyl (C=O) groups excluding carboxylic acids is 1. The first-order valence-corrected chi connectivity index (χ1v) is 8.56. The van der Waals surface area contributed by atoms with E-state index in [1.54, 1.807) is 6.20 Å². The van der Waals surface area contributed by atoms with E-state index in [2.05, 4.69) is 27.8 Å². The summed E-state index contributed by atoms with van der Waals surface area (Å²) in [4.78, 5) is 16.4. The van der Waals surface area contributed by atoms with E-state index in [4.69, 9.17) is 0 Å². The van der Waals surface area contributed by atoms with Crippen LogP contribution in [0.1, 0.15) is 17.8 Å². The van der Waals surface area contributed by atoms with Crippen molar-refractivity contribution in [2.45, 2.75) is 44.2 Å². The van der Waals surface area contributed by atoms with Crippen molar-refractivity contribution in [2.75, 3.05) is 6.54 Å². The molecular formula is C18H24N4O3. The number of aryl methyl sites for hydroxylation is 2. The van der Waals surface area contributed by atoms with Crippen LogP contribution >= 0.6 is 0 Å². The molecule has 1 amide bonds. The summed E-state index contributed by atoms with van der Waals surface area (Å²) in [5.41, 5.74) is 1.30. The van der Waals surface area contributed by atoms with Gasteiger partial charge in [-0.05, 0) is 18.4 Å². The molecule has 0 aliphatic carbocycles. The highest BCUT2D eigenvalue weighted by Crippen LogP contribution is 2.09. The molecule has 1 aliphatic heterocycles. The summed E-state index contributed by atoms with van der Waals surface area (Å²) < 4.78 is 2.02. The molecule has 2 aromatic rings. The Kier molecular flexibility index (Phi) is 5.80. The average Bonchev–Trinajstić information content (AvgIpc) is 3.21. The Balaban J connectivity index is 1.47. The fourth-order valence-electron chi connectivity index (χ4n) is 3.04. The number of aromatic nitrogens is 2. The van der Waals surface area contributed by atoms with E-state index in [0.29, 0.717) is 0 Å². The van der Waals surface area contributed by atoms with E-state index in [-0.39, 0.29) is 19.0 Å². The van der Waals surface area contributed by atoms with Crippen molar-refractivity contribution in [3.05, 3.63) is 54.1 Å². The molecule has 134 valence electrons. The normalized spacial score (nSPS) is 22.9. The molecule has 1 saturated heterocycles. The van der Waals surface area contributed by atoms with Gasteiger partial charge in [-0.25, -0.2) is 4.98 Å². The van der Waals surface area contributed by atoms with Gasteiger partial charge in [0.15, 0.2) is 0 Å². The van der Waals surface area contributed by atoms with Crippen molar-refractivity contribution in [1.82, 2.24) is 20.2 Å². The quantitative estimate of drug-likeness (QED) is 0.559. The van der Waals surface area contributed by atoms with Gasteiger partial charge in [-0.2, -0.15) is 0 Å². The van der Waals surface area contributed by atoms with Gasteiger partial charge in [0.25, 0.3) is 0 Å². The Hall–Kier alpha value is -2.22. The fourth-order valence-corrected chi connectivity index (χ4v) is 3.04. The maximum Gasteiger partial charge on any atom is 0.240 e. The van der Waals surface area contributed by atoms with Crippen LogP contribution in [-0.2, 0) is 24.3 Å². The molecule has 1 aromatic carbocycles. The van der Waals surface area contributed by atoms with Gasteiger partial charge in [0, 0.05) is 25.5 Å². The third kappa shape index (κ3) is 4.45. The third-order valence-corrected chi connectivity index (χ3v) is 4.49. The Labute approximate surface area is 146 Å². The number of hydrogen-bond acceptors (Lipinski definition) is 5. The van der Waals surface area contributed by atoms with Gasteiger partial charge in [-0.1, -0.05) is 30.3 Å². The monoisotopic (exact) mass is 344 g/mol. The van der Waals surface area contributed by atoms with Crippen molar-refractivity contribution in [2.24, 2.45) is 0 Å². The Morgan fingerprint density at radius 2 is 2.12 bits per heavy atom. The molecule has 0 saturated carbocycles. The van der Waals surface area contributed by atoms with Crippen molar-refractivity contribution in [1.29, 1.82) is 0 Å². The number of nitrogens with zero attached hydrogens (tertiary/aromatic N) is 2. The van der Waals surface area contributed by atoms with E-state index in [9.17, 15) is 15.0 Å². The van der Waals surface area contributed by atoms with Gasteiger partial charge >= 0.3 is 0 Å². The van der Waals surface area contributed by atoms with E-state index in [1.807, 2.05) is 29.0 Å². The van der Waals surface area contributed by atoms with E-state index in [1.165, 1.54) is 5.56 Å². The highest BCUT2D eigenvalue weighted by Gasteiger charge is 2.37. The zero-order valence-corrected chi connectivity index (χ0v) is 14.0. The van der Waals surface area contributed by atoms with Crippen molar-refractivity contribution >= 4 is 5.91 Å². The minimum absolute atomic E-state index is 0.216. The van der Waals surface area contributed by atoms with Crippen LogP contribution in [0.15, 0.2) is 42.7 Å². The molecule has 3 atom stereocenters. The summed E-state index contributed by atoms with van der Waals surface area (Å²) in [5.74, 6) is 0.442. The molecule has 0 spiro atoms. The lowest BCUT2D eigenvalue weighted by molar-refractivity contribution is -0.125. The van der Waals surface area contributed by atoms with Gasteiger partial charge < -0.3 is 25.4 Å². The van der Waals surface area contributed by atoms with E-state index < -0.39 is 18.2 Å². The second-order valence-corrected chi connectivity index (χ2v) is 6.29. The van der Waals surface area contributed by atoms with Gasteiger partial charge in [0.05, 0.1) is 12.6 Å². The van der Waals surface area contributed by atoms with Crippen LogP contribution < -0.4 is 10.6 Å². The predicted molar refractivity (Wildman–Crippen MR) is 92.6 cm³/mol.